The topological polar surface area (TPSA) is 64.0 Å². The zero-order chi connectivity index (χ0) is 18.1. The van der Waals surface area contributed by atoms with Crippen LogP contribution < -0.4 is 10.9 Å². The number of nitrogens with zero attached hydrogens (tertiary/aromatic N) is 2. The predicted molar refractivity (Wildman–Crippen MR) is 102 cm³/mol. The first kappa shape index (κ1) is 18.3. The van der Waals surface area contributed by atoms with Crippen molar-refractivity contribution in [2.45, 2.75) is 37.4 Å². The Balaban J connectivity index is 1.77. The van der Waals surface area contributed by atoms with Gasteiger partial charge in [-0.15, -0.1) is 0 Å². The molecule has 0 bridgehead atoms. The van der Waals surface area contributed by atoms with E-state index in [1.54, 1.807) is 28.8 Å². The van der Waals surface area contributed by atoms with E-state index in [1.165, 1.54) is 11.8 Å². The number of halogens is 2. The summed E-state index contributed by atoms with van der Waals surface area (Å²) in [5.41, 5.74) is 1.13. The second kappa shape index (κ2) is 7.40. The van der Waals surface area contributed by atoms with Gasteiger partial charge in [0.1, 0.15) is 0 Å². The lowest BCUT2D eigenvalue weighted by Gasteiger charge is -2.15. The third-order valence-electron chi connectivity index (χ3n) is 3.92. The summed E-state index contributed by atoms with van der Waals surface area (Å²) in [4.78, 5) is 29.3. The van der Waals surface area contributed by atoms with Crippen molar-refractivity contribution in [2.24, 2.45) is 0 Å². The van der Waals surface area contributed by atoms with Gasteiger partial charge in [-0.3, -0.25) is 14.2 Å². The Morgan fingerprint density at radius 3 is 2.88 bits per heavy atom. The molecular formula is C17H17Cl2N3O2S. The van der Waals surface area contributed by atoms with Gasteiger partial charge in [0.05, 0.1) is 22.4 Å². The average Bonchev–Trinajstić information content (AvgIpc) is 2.94. The highest BCUT2D eigenvalue weighted by Crippen LogP contribution is 2.33. The highest BCUT2D eigenvalue weighted by molar-refractivity contribution is 7.99. The van der Waals surface area contributed by atoms with E-state index in [0.717, 1.165) is 5.69 Å². The van der Waals surface area contributed by atoms with Crippen LogP contribution in [0.25, 0.3) is 0 Å². The van der Waals surface area contributed by atoms with Crippen molar-refractivity contribution < 1.29 is 4.79 Å². The van der Waals surface area contributed by atoms with Gasteiger partial charge < -0.3 is 5.32 Å². The number of hydrogen-bond donors (Lipinski definition) is 1. The van der Waals surface area contributed by atoms with Crippen LogP contribution in [0.1, 0.15) is 37.9 Å². The van der Waals surface area contributed by atoms with Crippen LogP contribution in [0.3, 0.4) is 0 Å². The molecule has 2 aromatic rings. The maximum Gasteiger partial charge on any atom is 0.254 e. The minimum atomic E-state index is -0.223. The van der Waals surface area contributed by atoms with E-state index in [0.29, 0.717) is 26.6 Å². The summed E-state index contributed by atoms with van der Waals surface area (Å²) in [7, 11) is 0. The summed E-state index contributed by atoms with van der Waals surface area (Å²) in [6, 6.07) is 6.21. The highest BCUT2D eigenvalue weighted by atomic mass is 35.5. The highest BCUT2D eigenvalue weighted by Gasteiger charge is 2.28. The van der Waals surface area contributed by atoms with Crippen molar-refractivity contribution in [1.82, 2.24) is 9.55 Å². The van der Waals surface area contributed by atoms with Crippen LogP contribution in [-0.4, -0.2) is 21.2 Å². The normalized spacial score (nSPS) is 16.1. The third kappa shape index (κ3) is 4.02. The smallest absolute Gasteiger partial charge is 0.254 e. The van der Waals surface area contributed by atoms with E-state index in [4.69, 9.17) is 23.2 Å². The summed E-state index contributed by atoms with van der Waals surface area (Å²) in [5.74, 6) is 0.606. The van der Waals surface area contributed by atoms with Crippen LogP contribution in [0.4, 0.5) is 5.69 Å². The molecule has 0 aliphatic carbocycles. The molecule has 5 nitrogen and oxygen atoms in total. The summed E-state index contributed by atoms with van der Waals surface area (Å²) in [6.45, 7) is 4.00. The molecule has 3 rings (SSSR count). The van der Waals surface area contributed by atoms with E-state index in [9.17, 15) is 9.59 Å². The van der Waals surface area contributed by atoms with Crippen molar-refractivity contribution in [3.8, 4) is 0 Å². The van der Waals surface area contributed by atoms with Crippen molar-refractivity contribution in [3.05, 3.63) is 50.4 Å². The lowest BCUT2D eigenvalue weighted by atomic mass is 10.1. The first-order valence-corrected chi connectivity index (χ1v) is 9.60. The Labute approximate surface area is 159 Å². The second-order valence-corrected chi connectivity index (χ2v) is 8.00. The molecular weight excluding hydrogens is 381 g/mol. The van der Waals surface area contributed by atoms with Gasteiger partial charge in [0.15, 0.2) is 5.16 Å². The van der Waals surface area contributed by atoms with Crippen LogP contribution in [0.5, 0.6) is 0 Å². The van der Waals surface area contributed by atoms with Crippen LogP contribution in [-0.2, 0) is 4.79 Å². The molecule has 2 heterocycles. The molecule has 0 saturated heterocycles. The Bertz CT molecular complexity index is 883. The minimum Gasteiger partial charge on any atom is -0.325 e. The lowest BCUT2D eigenvalue weighted by Crippen LogP contribution is -2.28. The molecule has 25 heavy (non-hydrogen) atoms. The van der Waals surface area contributed by atoms with Gasteiger partial charge in [0.25, 0.3) is 5.56 Å². The minimum absolute atomic E-state index is 0.114. The fourth-order valence-corrected chi connectivity index (χ4v) is 4.12. The molecule has 0 fully saturated rings. The number of carbonyl (C=O) groups is 1. The SMILES string of the molecule is CC(C)c1cc(=O)n2c(n1)SCC2CC(=O)Nc1cc(Cl)ccc1Cl. The maximum atomic E-state index is 12.4. The maximum absolute atomic E-state index is 12.4. The summed E-state index contributed by atoms with van der Waals surface area (Å²) in [6.07, 6.45) is 0.172. The number of amides is 1. The standard InChI is InChI=1S/C17H17Cl2N3O2S/c1-9(2)13-7-16(24)22-11(8-25-17(22)21-13)6-15(23)20-14-5-10(18)3-4-12(14)19/h3-5,7,9,11H,6,8H2,1-2H3,(H,20,23). The molecule has 8 heteroatoms. The van der Waals surface area contributed by atoms with Crippen LogP contribution >= 0.6 is 35.0 Å². The molecule has 1 aromatic carbocycles. The number of anilines is 1. The van der Waals surface area contributed by atoms with Gasteiger partial charge in [-0.2, -0.15) is 0 Å². The third-order valence-corrected chi connectivity index (χ3v) is 5.59. The largest absolute Gasteiger partial charge is 0.325 e. The number of benzene rings is 1. The molecule has 1 unspecified atom stereocenters. The molecule has 0 saturated carbocycles. The van der Waals surface area contributed by atoms with E-state index >= 15 is 0 Å². The Morgan fingerprint density at radius 1 is 1.40 bits per heavy atom. The Morgan fingerprint density at radius 2 is 2.16 bits per heavy atom. The Hall–Kier alpha value is -1.50. The van der Waals surface area contributed by atoms with Gasteiger partial charge in [0.2, 0.25) is 5.91 Å². The van der Waals surface area contributed by atoms with Gasteiger partial charge in [0, 0.05) is 23.3 Å². The van der Waals surface area contributed by atoms with Crippen LogP contribution in [0.15, 0.2) is 34.2 Å². The summed E-state index contributed by atoms with van der Waals surface area (Å²) < 4.78 is 1.61. The van der Waals surface area contributed by atoms with Gasteiger partial charge in [-0.1, -0.05) is 48.8 Å². The molecule has 1 aromatic heterocycles. The fraction of sp³-hybridized carbons (Fsp3) is 0.353. The van der Waals surface area contributed by atoms with E-state index in [1.807, 2.05) is 13.8 Å². The summed E-state index contributed by atoms with van der Waals surface area (Å²) in [5, 5.41) is 4.34. The number of nitrogens with one attached hydrogen (secondary N) is 1. The zero-order valence-corrected chi connectivity index (χ0v) is 16.1. The predicted octanol–water partition coefficient (Wildman–Crippen LogP) is 4.35. The monoisotopic (exact) mass is 397 g/mol. The van der Waals surface area contributed by atoms with Gasteiger partial charge in [-0.05, 0) is 24.1 Å². The number of aromatic nitrogens is 2. The van der Waals surface area contributed by atoms with E-state index in [2.05, 4.69) is 10.3 Å². The van der Waals surface area contributed by atoms with E-state index in [-0.39, 0.29) is 29.8 Å². The van der Waals surface area contributed by atoms with Crippen molar-refractivity contribution in [3.63, 3.8) is 0 Å². The number of carbonyl (C=O) groups excluding carboxylic acids is 1. The number of fused-ring (bicyclic) bond motifs is 1. The second-order valence-electron chi connectivity index (χ2n) is 6.17. The molecule has 1 aliphatic heterocycles. The first-order valence-electron chi connectivity index (χ1n) is 7.86. The van der Waals surface area contributed by atoms with Crippen molar-refractivity contribution in [1.29, 1.82) is 0 Å². The van der Waals surface area contributed by atoms with Crippen LogP contribution in [0.2, 0.25) is 10.0 Å². The molecule has 1 amide bonds. The molecule has 0 spiro atoms. The van der Waals surface area contributed by atoms with Crippen LogP contribution in [0, 0.1) is 0 Å². The van der Waals surface area contributed by atoms with Crippen molar-refractivity contribution in [2.75, 3.05) is 11.1 Å². The molecule has 1 aliphatic rings. The van der Waals surface area contributed by atoms with Crippen molar-refractivity contribution >= 4 is 46.6 Å². The average molecular weight is 398 g/mol. The number of rotatable bonds is 4. The van der Waals surface area contributed by atoms with Gasteiger partial charge in [-0.25, -0.2) is 4.98 Å². The van der Waals surface area contributed by atoms with Gasteiger partial charge >= 0.3 is 0 Å². The molecule has 1 atom stereocenters. The summed E-state index contributed by atoms with van der Waals surface area (Å²) >= 11 is 13.5. The molecule has 1 N–H and O–H groups in total. The van der Waals surface area contributed by atoms with E-state index < -0.39 is 0 Å². The molecule has 132 valence electrons. The molecule has 0 radical (unpaired) electrons. The first-order chi connectivity index (χ1) is 11.8. The lowest BCUT2D eigenvalue weighted by molar-refractivity contribution is -0.116. The zero-order valence-electron chi connectivity index (χ0n) is 13.8. The fourth-order valence-electron chi connectivity index (χ4n) is 2.62. The Kier molecular flexibility index (Phi) is 5.41. The number of hydrogen-bond acceptors (Lipinski definition) is 4. The number of thioether (sulfide) groups is 1. The quantitative estimate of drug-likeness (QED) is 0.778.